The lowest BCUT2D eigenvalue weighted by atomic mass is 9.89. The largest absolute Gasteiger partial charge is 0.469 e. The molecule has 1 rings (SSSR count). The quantitative estimate of drug-likeness (QED) is 0.676. The van der Waals surface area contributed by atoms with E-state index in [1.807, 2.05) is 12.1 Å². The van der Waals surface area contributed by atoms with E-state index in [1.165, 1.54) is 0 Å². The average Bonchev–Trinajstić information content (AvgIpc) is 2.50. The van der Waals surface area contributed by atoms with E-state index in [9.17, 15) is 0 Å². The molecular formula is C11H17ClO. The Morgan fingerprint density at radius 3 is 2.62 bits per heavy atom. The normalized spacial score (nSPS) is 14.5. The first-order chi connectivity index (χ1) is 6.00. The van der Waals surface area contributed by atoms with Crippen LogP contribution in [0.2, 0.25) is 0 Å². The zero-order chi connectivity index (χ0) is 9.90. The van der Waals surface area contributed by atoms with E-state index in [-0.39, 0.29) is 10.8 Å². The predicted molar refractivity (Wildman–Crippen MR) is 56.1 cm³/mol. The number of halogens is 1. The van der Waals surface area contributed by atoms with E-state index in [0.29, 0.717) is 0 Å². The highest BCUT2D eigenvalue weighted by molar-refractivity contribution is 6.21. The van der Waals surface area contributed by atoms with Crippen molar-refractivity contribution in [2.24, 2.45) is 5.41 Å². The van der Waals surface area contributed by atoms with Gasteiger partial charge in [0, 0.05) is 11.8 Å². The maximum atomic E-state index is 6.23. The second kappa shape index (κ2) is 4.19. The van der Waals surface area contributed by atoms with Crippen LogP contribution in [0.5, 0.6) is 0 Å². The van der Waals surface area contributed by atoms with Crippen molar-refractivity contribution in [1.82, 2.24) is 0 Å². The first-order valence-corrected chi connectivity index (χ1v) is 5.10. The van der Waals surface area contributed by atoms with Crippen molar-refractivity contribution in [3.63, 3.8) is 0 Å². The van der Waals surface area contributed by atoms with Gasteiger partial charge < -0.3 is 4.42 Å². The van der Waals surface area contributed by atoms with E-state index in [2.05, 4.69) is 20.8 Å². The smallest absolute Gasteiger partial charge is 0.103 e. The predicted octanol–water partition coefficient (Wildman–Crippen LogP) is 3.87. The molecule has 13 heavy (non-hydrogen) atoms. The molecule has 0 saturated heterocycles. The van der Waals surface area contributed by atoms with Gasteiger partial charge in [-0.05, 0) is 24.0 Å². The molecule has 0 bridgehead atoms. The van der Waals surface area contributed by atoms with Crippen molar-refractivity contribution >= 4 is 11.6 Å². The molecule has 0 fully saturated rings. The molecule has 1 heterocycles. The molecule has 0 aromatic carbocycles. The third-order valence-electron chi connectivity index (χ3n) is 2.16. The second-order valence-corrected chi connectivity index (χ2v) is 4.98. The van der Waals surface area contributed by atoms with Gasteiger partial charge in [-0.25, -0.2) is 0 Å². The Morgan fingerprint density at radius 1 is 1.46 bits per heavy atom. The molecule has 0 spiro atoms. The molecule has 1 atom stereocenters. The maximum absolute atomic E-state index is 6.23. The maximum Gasteiger partial charge on any atom is 0.103 e. The molecule has 0 radical (unpaired) electrons. The Bertz CT molecular complexity index is 233. The van der Waals surface area contributed by atoms with Gasteiger partial charge in [0.05, 0.1) is 6.26 Å². The number of rotatable bonds is 3. The standard InChI is InChI=1S/C11H17ClO/c1-11(2,3)10(12)7-6-9-5-4-8-13-9/h4-5,8,10H,6-7H2,1-3H3. The first-order valence-electron chi connectivity index (χ1n) is 4.66. The van der Waals surface area contributed by atoms with E-state index >= 15 is 0 Å². The van der Waals surface area contributed by atoms with Gasteiger partial charge in [-0.15, -0.1) is 11.6 Å². The minimum Gasteiger partial charge on any atom is -0.469 e. The van der Waals surface area contributed by atoms with Crippen molar-refractivity contribution < 1.29 is 4.42 Å². The molecule has 1 aromatic heterocycles. The molecule has 2 heteroatoms. The van der Waals surface area contributed by atoms with Gasteiger partial charge >= 0.3 is 0 Å². The fourth-order valence-corrected chi connectivity index (χ4v) is 1.27. The fraction of sp³-hybridized carbons (Fsp3) is 0.636. The monoisotopic (exact) mass is 200 g/mol. The second-order valence-electron chi connectivity index (χ2n) is 4.45. The SMILES string of the molecule is CC(C)(C)C(Cl)CCc1ccco1. The number of furan rings is 1. The number of aryl methyl sites for hydroxylation is 1. The summed E-state index contributed by atoms with van der Waals surface area (Å²) in [4.78, 5) is 0. The van der Waals surface area contributed by atoms with Crippen molar-refractivity contribution in [2.45, 2.75) is 39.0 Å². The molecule has 0 aliphatic heterocycles. The lowest BCUT2D eigenvalue weighted by molar-refractivity contribution is 0.366. The molecule has 1 nitrogen and oxygen atoms in total. The number of hydrogen-bond acceptors (Lipinski definition) is 1. The summed E-state index contributed by atoms with van der Waals surface area (Å²) in [6.07, 6.45) is 3.60. The van der Waals surface area contributed by atoms with E-state index in [0.717, 1.165) is 18.6 Å². The lowest BCUT2D eigenvalue weighted by Crippen LogP contribution is -2.21. The molecule has 0 saturated carbocycles. The summed E-state index contributed by atoms with van der Waals surface area (Å²) in [7, 11) is 0. The average molecular weight is 201 g/mol. The minimum atomic E-state index is 0.175. The summed E-state index contributed by atoms with van der Waals surface area (Å²) in [5.41, 5.74) is 0.175. The van der Waals surface area contributed by atoms with Crippen LogP contribution in [0, 0.1) is 5.41 Å². The Hall–Kier alpha value is -0.430. The number of alkyl halides is 1. The Morgan fingerprint density at radius 2 is 2.15 bits per heavy atom. The summed E-state index contributed by atoms with van der Waals surface area (Å²) >= 11 is 6.23. The molecular weight excluding hydrogens is 184 g/mol. The minimum absolute atomic E-state index is 0.175. The highest BCUT2D eigenvalue weighted by atomic mass is 35.5. The topological polar surface area (TPSA) is 13.1 Å². The van der Waals surface area contributed by atoms with Gasteiger partial charge in [-0.3, -0.25) is 0 Å². The van der Waals surface area contributed by atoms with Gasteiger partial charge in [0.25, 0.3) is 0 Å². The Balaban J connectivity index is 2.35. The Labute approximate surface area is 85.1 Å². The highest BCUT2D eigenvalue weighted by Gasteiger charge is 2.21. The van der Waals surface area contributed by atoms with Crippen LogP contribution < -0.4 is 0 Å². The van der Waals surface area contributed by atoms with Gasteiger partial charge in [0.1, 0.15) is 5.76 Å². The summed E-state index contributed by atoms with van der Waals surface area (Å²) in [5.74, 6) is 1.02. The summed E-state index contributed by atoms with van der Waals surface area (Å²) in [6, 6.07) is 3.90. The Kier molecular flexibility index (Phi) is 3.43. The van der Waals surface area contributed by atoms with Crippen LogP contribution in [-0.2, 0) is 6.42 Å². The highest BCUT2D eigenvalue weighted by Crippen LogP contribution is 2.28. The summed E-state index contributed by atoms with van der Waals surface area (Å²) in [5, 5.41) is 0.206. The number of hydrogen-bond donors (Lipinski definition) is 0. The van der Waals surface area contributed by atoms with Gasteiger partial charge in [-0.1, -0.05) is 20.8 Å². The van der Waals surface area contributed by atoms with Crippen LogP contribution in [-0.4, -0.2) is 5.38 Å². The molecule has 0 amide bonds. The van der Waals surface area contributed by atoms with Crippen molar-refractivity contribution in [1.29, 1.82) is 0 Å². The fourth-order valence-electron chi connectivity index (χ4n) is 1.16. The van der Waals surface area contributed by atoms with Crippen LogP contribution in [0.4, 0.5) is 0 Å². The van der Waals surface area contributed by atoms with Crippen molar-refractivity contribution in [3.8, 4) is 0 Å². The lowest BCUT2D eigenvalue weighted by Gasteiger charge is -2.24. The van der Waals surface area contributed by atoms with Gasteiger partial charge in [-0.2, -0.15) is 0 Å². The summed E-state index contributed by atoms with van der Waals surface area (Å²) in [6.45, 7) is 6.48. The molecule has 0 N–H and O–H groups in total. The molecule has 1 unspecified atom stereocenters. The van der Waals surface area contributed by atoms with Crippen molar-refractivity contribution in [2.75, 3.05) is 0 Å². The van der Waals surface area contributed by atoms with Crippen LogP contribution in [0.15, 0.2) is 22.8 Å². The van der Waals surface area contributed by atoms with Gasteiger partial charge in [0.2, 0.25) is 0 Å². The third kappa shape index (κ3) is 3.43. The molecule has 0 aliphatic rings. The molecule has 0 aliphatic carbocycles. The van der Waals surface area contributed by atoms with Crippen LogP contribution >= 0.6 is 11.6 Å². The van der Waals surface area contributed by atoms with E-state index < -0.39 is 0 Å². The third-order valence-corrected chi connectivity index (χ3v) is 3.04. The zero-order valence-electron chi connectivity index (χ0n) is 8.51. The van der Waals surface area contributed by atoms with Crippen LogP contribution in [0.25, 0.3) is 0 Å². The zero-order valence-corrected chi connectivity index (χ0v) is 9.27. The van der Waals surface area contributed by atoms with E-state index in [4.69, 9.17) is 16.0 Å². The van der Waals surface area contributed by atoms with Gasteiger partial charge in [0.15, 0.2) is 0 Å². The van der Waals surface area contributed by atoms with Crippen LogP contribution in [0.1, 0.15) is 33.0 Å². The van der Waals surface area contributed by atoms with E-state index in [1.54, 1.807) is 6.26 Å². The summed E-state index contributed by atoms with van der Waals surface area (Å²) < 4.78 is 5.24. The van der Waals surface area contributed by atoms with Crippen LogP contribution in [0.3, 0.4) is 0 Å². The first kappa shape index (κ1) is 10.6. The molecule has 74 valence electrons. The molecule has 1 aromatic rings. The van der Waals surface area contributed by atoms with Crippen molar-refractivity contribution in [3.05, 3.63) is 24.2 Å².